The van der Waals surface area contributed by atoms with Crippen LogP contribution in [-0.2, 0) is 11.2 Å². The number of benzene rings is 1. The molecular weight excluding hydrogens is 428 g/mol. The third-order valence-corrected chi connectivity index (χ3v) is 8.10. The highest BCUT2D eigenvalue weighted by Gasteiger charge is 2.25. The maximum atomic E-state index is 6.54. The topological polar surface area (TPSA) is 60.4 Å². The van der Waals surface area contributed by atoms with Crippen molar-refractivity contribution in [2.24, 2.45) is 5.92 Å². The van der Waals surface area contributed by atoms with E-state index in [1.165, 1.54) is 22.9 Å². The summed E-state index contributed by atoms with van der Waals surface area (Å²) in [6.07, 6.45) is 11.4. The van der Waals surface area contributed by atoms with Gasteiger partial charge in [0.15, 0.2) is 0 Å². The van der Waals surface area contributed by atoms with Crippen LogP contribution in [0.25, 0.3) is 11.0 Å². The lowest BCUT2D eigenvalue weighted by molar-refractivity contribution is 0.122. The van der Waals surface area contributed by atoms with Crippen molar-refractivity contribution in [3.63, 3.8) is 0 Å². The van der Waals surface area contributed by atoms with Crippen LogP contribution in [0, 0.1) is 5.92 Å². The fraction of sp³-hybridized carbons (Fsp3) is 0.522. The van der Waals surface area contributed by atoms with Crippen LogP contribution < -0.4 is 9.64 Å². The Bertz CT molecular complexity index is 1010. The molecule has 3 heterocycles. The molecule has 1 aliphatic carbocycles. The first kappa shape index (κ1) is 21.0. The summed E-state index contributed by atoms with van der Waals surface area (Å²) in [6.45, 7) is 3.31. The van der Waals surface area contributed by atoms with Gasteiger partial charge in [0, 0.05) is 42.6 Å². The summed E-state index contributed by atoms with van der Waals surface area (Å²) >= 11 is 3.49. The molecule has 6 nitrogen and oxygen atoms in total. The zero-order valence-electron chi connectivity index (χ0n) is 17.8. The normalized spacial score (nSPS) is 22.0. The van der Waals surface area contributed by atoms with Gasteiger partial charge in [0.1, 0.15) is 15.6 Å². The third kappa shape index (κ3) is 4.96. The lowest BCUT2D eigenvalue weighted by Gasteiger charge is -2.31. The van der Waals surface area contributed by atoms with Gasteiger partial charge in [0.2, 0.25) is 0 Å². The van der Waals surface area contributed by atoms with Gasteiger partial charge in [0.05, 0.1) is 30.5 Å². The number of ether oxygens (including phenoxy) is 2. The van der Waals surface area contributed by atoms with E-state index < -0.39 is 0 Å². The number of hydrogen-bond acceptors (Lipinski definition) is 8. The van der Waals surface area contributed by atoms with Gasteiger partial charge in [-0.3, -0.25) is 4.98 Å². The summed E-state index contributed by atoms with van der Waals surface area (Å²) in [5.74, 6) is 1.56. The highest BCUT2D eigenvalue weighted by Crippen LogP contribution is 2.35. The average molecular weight is 457 g/mol. The smallest absolute Gasteiger partial charge is 0.149 e. The van der Waals surface area contributed by atoms with Gasteiger partial charge in [-0.2, -0.15) is 0 Å². The second-order valence-electron chi connectivity index (χ2n) is 8.24. The van der Waals surface area contributed by atoms with E-state index in [1.807, 2.05) is 0 Å². The van der Waals surface area contributed by atoms with Crippen molar-refractivity contribution in [1.82, 2.24) is 15.0 Å². The molecule has 2 aromatic heterocycles. The molecule has 0 unspecified atom stereocenters. The highest BCUT2D eigenvalue weighted by atomic mass is 32.2. The van der Waals surface area contributed by atoms with Gasteiger partial charge in [-0.1, -0.05) is 11.8 Å². The summed E-state index contributed by atoms with van der Waals surface area (Å²) in [6, 6.07) is 4.27. The van der Waals surface area contributed by atoms with Gasteiger partial charge < -0.3 is 14.4 Å². The number of thioether (sulfide) groups is 1. The Morgan fingerprint density at radius 2 is 1.94 bits per heavy atom. The molecule has 31 heavy (non-hydrogen) atoms. The van der Waals surface area contributed by atoms with Gasteiger partial charge in [-0.25, -0.2) is 9.97 Å². The van der Waals surface area contributed by atoms with Gasteiger partial charge in [-0.05, 0) is 50.3 Å². The number of aromatic nitrogens is 3. The predicted molar refractivity (Wildman–Crippen MR) is 127 cm³/mol. The minimum Gasteiger partial charge on any atom is -0.488 e. The maximum absolute atomic E-state index is 6.54. The number of nitrogens with zero attached hydrogens (tertiary/aromatic N) is 4. The zero-order valence-corrected chi connectivity index (χ0v) is 19.5. The Morgan fingerprint density at radius 3 is 2.71 bits per heavy atom. The Balaban J connectivity index is 1.27. The largest absolute Gasteiger partial charge is 0.488 e. The number of anilines is 1. The Hall–Kier alpha value is -1.90. The van der Waals surface area contributed by atoms with E-state index in [9.17, 15) is 0 Å². The number of fused-ring (bicyclic) bond motifs is 1. The third-order valence-electron chi connectivity index (χ3n) is 6.19. The molecule has 0 radical (unpaired) electrons. The fourth-order valence-electron chi connectivity index (χ4n) is 4.53. The lowest BCUT2D eigenvalue weighted by atomic mass is 9.84. The number of thiazole rings is 1. The van der Waals surface area contributed by atoms with E-state index >= 15 is 0 Å². The number of rotatable bonds is 6. The van der Waals surface area contributed by atoms with Crippen LogP contribution in [0.1, 0.15) is 31.4 Å². The Labute approximate surface area is 191 Å². The summed E-state index contributed by atoms with van der Waals surface area (Å²) in [5, 5.41) is 2.22. The lowest BCUT2D eigenvalue weighted by Crippen LogP contribution is -2.36. The predicted octanol–water partition coefficient (Wildman–Crippen LogP) is 4.83. The van der Waals surface area contributed by atoms with Crippen molar-refractivity contribution in [3.8, 4) is 5.75 Å². The van der Waals surface area contributed by atoms with E-state index in [1.54, 1.807) is 35.5 Å². The zero-order chi connectivity index (χ0) is 21.0. The Kier molecular flexibility index (Phi) is 6.57. The molecule has 1 saturated carbocycles. The first-order valence-electron chi connectivity index (χ1n) is 11.0. The molecule has 2 fully saturated rings. The van der Waals surface area contributed by atoms with E-state index in [4.69, 9.17) is 14.5 Å². The minimum atomic E-state index is 0.235. The molecule has 2 aliphatic rings. The van der Waals surface area contributed by atoms with Gasteiger partial charge in [-0.15, -0.1) is 11.3 Å². The molecule has 1 aromatic carbocycles. The molecule has 0 amide bonds. The molecule has 0 bridgehead atoms. The molecule has 8 heteroatoms. The molecule has 0 spiro atoms. The van der Waals surface area contributed by atoms with Crippen molar-refractivity contribution in [3.05, 3.63) is 35.6 Å². The monoisotopic (exact) mass is 456 g/mol. The average Bonchev–Trinajstić information content (AvgIpc) is 3.28. The first-order chi connectivity index (χ1) is 15.3. The maximum Gasteiger partial charge on any atom is 0.149 e. The van der Waals surface area contributed by atoms with Crippen LogP contribution in [0.5, 0.6) is 5.75 Å². The molecule has 0 N–H and O–H groups in total. The van der Waals surface area contributed by atoms with E-state index in [0.29, 0.717) is 5.92 Å². The first-order valence-corrected chi connectivity index (χ1v) is 13.1. The van der Waals surface area contributed by atoms with Crippen molar-refractivity contribution in [2.75, 3.05) is 37.5 Å². The summed E-state index contributed by atoms with van der Waals surface area (Å²) < 4.78 is 13.2. The van der Waals surface area contributed by atoms with Crippen molar-refractivity contribution in [2.45, 2.75) is 42.5 Å². The van der Waals surface area contributed by atoms with Crippen LogP contribution in [-0.4, -0.2) is 53.6 Å². The van der Waals surface area contributed by atoms with E-state index in [-0.39, 0.29) is 6.10 Å². The fourth-order valence-corrected chi connectivity index (χ4v) is 5.82. The molecular formula is C23H28N4O2S2. The SMILES string of the molecule is CSc1nc(CC2CCC(Oc3cc(N4CCOCC4)cc4nccnc34)CC2)cs1. The Morgan fingerprint density at radius 1 is 1.13 bits per heavy atom. The van der Waals surface area contributed by atoms with E-state index in [2.05, 4.69) is 38.6 Å². The second kappa shape index (κ2) is 9.71. The standard InChI is InChI=1S/C23H28N4O2S2/c1-30-23-26-17(15-31-23)12-16-2-4-19(5-3-16)29-21-14-18(27-8-10-28-11-9-27)13-20-22(21)25-7-6-24-20/h6-7,13-16,19H,2-5,8-12H2,1H3. The van der Waals surface area contributed by atoms with Crippen LogP contribution in [0.3, 0.4) is 0 Å². The quantitative estimate of drug-likeness (QED) is 0.493. The molecule has 1 aliphatic heterocycles. The molecule has 5 rings (SSSR count). The minimum absolute atomic E-state index is 0.235. The van der Waals surface area contributed by atoms with E-state index in [0.717, 1.165) is 68.0 Å². The summed E-state index contributed by atoms with van der Waals surface area (Å²) in [5.41, 5.74) is 4.14. The van der Waals surface area contributed by atoms with Gasteiger partial charge >= 0.3 is 0 Å². The van der Waals surface area contributed by atoms with Crippen molar-refractivity contribution >= 4 is 39.8 Å². The summed E-state index contributed by atoms with van der Waals surface area (Å²) in [7, 11) is 0. The number of hydrogen-bond donors (Lipinski definition) is 0. The van der Waals surface area contributed by atoms with Crippen LogP contribution in [0.2, 0.25) is 0 Å². The van der Waals surface area contributed by atoms with Crippen molar-refractivity contribution < 1.29 is 9.47 Å². The molecule has 1 saturated heterocycles. The van der Waals surface area contributed by atoms with Crippen LogP contribution in [0.4, 0.5) is 5.69 Å². The molecule has 164 valence electrons. The van der Waals surface area contributed by atoms with Crippen molar-refractivity contribution in [1.29, 1.82) is 0 Å². The highest BCUT2D eigenvalue weighted by molar-refractivity contribution is 8.00. The van der Waals surface area contributed by atoms with Gasteiger partial charge in [0.25, 0.3) is 0 Å². The molecule has 0 atom stereocenters. The number of morpholine rings is 1. The van der Waals surface area contributed by atoms with Crippen LogP contribution >= 0.6 is 23.1 Å². The second-order valence-corrected chi connectivity index (χ2v) is 10.2. The summed E-state index contributed by atoms with van der Waals surface area (Å²) in [4.78, 5) is 16.2. The van der Waals surface area contributed by atoms with Crippen LogP contribution in [0.15, 0.2) is 34.2 Å². The molecule has 3 aromatic rings.